The van der Waals surface area contributed by atoms with Crippen LogP contribution in [0, 0.1) is 0 Å². The van der Waals surface area contributed by atoms with Gasteiger partial charge in [0.25, 0.3) is 0 Å². The first kappa shape index (κ1) is 13.5. The Bertz CT molecular complexity index is 616. The van der Waals surface area contributed by atoms with E-state index < -0.39 is 0 Å². The van der Waals surface area contributed by atoms with Crippen LogP contribution in [-0.4, -0.2) is 18.3 Å². The number of benzene rings is 1. The molecule has 1 aliphatic heterocycles. The first-order valence-electron chi connectivity index (χ1n) is 7.07. The molecule has 0 atom stereocenters. The second kappa shape index (κ2) is 6.35. The van der Waals surface area contributed by atoms with Gasteiger partial charge in [0.1, 0.15) is 18.2 Å². The zero-order chi connectivity index (χ0) is 14.5. The molecule has 0 bridgehead atoms. The van der Waals surface area contributed by atoms with Crippen molar-refractivity contribution in [3.8, 4) is 17.2 Å². The first-order chi connectivity index (χ1) is 10.4. The van der Waals surface area contributed by atoms with E-state index in [4.69, 9.17) is 14.2 Å². The number of ether oxygens (including phenoxy) is 3. The molecule has 0 saturated carbocycles. The Hall–Kier alpha value is -2.43. The van der Waals surface area contributed by atoms with Crippen molar-refractivity contribution in [3.63, 3.8) is 0 Å². The maximum Gasteiger partial charge on any atom is 0.231 e. The number of nitrogens with one attached hydrogen (secondary N) is 1. The summed E-state index contributed by atoms with van der Waals surface area (Å²) < 4.78 is 16.4. The highest BCUT2D eigenvalue weighted by Gasteiger charge is 2.14. The lowest BCUT2D eigenvalue weighted by molar-refractivity contribution is 0.173. The average molecular weight is 286 g/mol. The lowest BCUT2D eigenvalue weighted by Crippen LogP contribution is -2.07. The van der Waals surface area contributed by atoms with Gasteiger partial charge in [0, 0.05) is 24.4 Å². The van der Waals surface area contributed by atoms with Gasteiger partial charge >= 0.3 is 0 Å². The summed E-state index contributed by atoms with van der Waals surface area (Å²) in [5.74, 6) is 3.11. The molecule has 21 heavy (non-hydrogen) atoms. The number of rotatable bonds is 6. The molecule has 1 aliphatic rings. The van der Waals surface area contributed by atoms with Crippen molar-refractivity contribution in [2.75, 3.05) is 18.7 Å². The zero-order valence-electron chi connectivity index (χ0n) is 12.0. The molecule has 1 aromatic heterocycles. The van der Waals surface area contributed by atoms with Crippen molar-refractivity contribution in [1.82, 2.24) is 4.98 Å². The van der Waals surface area contributed by atoms with Crippen LogP contribution in [0.4, 0.5) is 5.82 Å². The van der Waals surface area contributed by atoms with Gasteiger partial charge in [0.05, 0.1) is 0 Å². The van der Waals surface area contributed by atoms with E-state index in [1.54, 1.807) is 6.20 Å². The predicted octanol–water partition coefficient (Wildman–Crippen LogP) is 3.21. The third kappa shape index (κ3) is 3.18. The SMILES string of the molecule is CCCNc1ncccc1COc1ccc2c(c1)OCO2. The highest BCUT2D eigenvalue weighted by Crippen LogP contribution is 2.35. The number of pyridine rings is 1. The molecule has 5 nitrogen and oxygen atoms in total. The molecule has 1 aromatic carbocycles. The lowest BCUT2D eigenvalue weighted by atomic mass is 10.2. The Morgan fingerprint density at radius 1 is 1.24 bits per heavy atom. The van der Waals surface area contributed by atoms with Gasteiger partial charge in [-0.05, 0) is 24.6 Å². The van der Waals surface area contributed by atoms with Crippen molar-refractivity contribution in [2.24, 2.45) is 0 Å². The maximum atomic E-state index is 5.82. The third-order valence-corrected chi connectivity index (χ3v) is 3.17. The van der Waals surface area contributed by atoms with Crippen LogP contribution in [0.3, 0.4) is 0 Å². The third-order valence-electron chi connectivity index (χ3n) is 3.17. The summed E-state index contributed by atoms with van der Waals surface area (Å²) in [6.45, 7) is 3.75. The Labute approximate surface area is 123 Å². The van der Waals surface area contributed by atoms with Crippen LogP contribution in [0.15, 0.2) is 36.5 Å². The molecule has 5 heteroatoms. The molecule has 0 spiro atoms. The maximum absolute atomic E-state index is 5.82. The molecular weight excluding hydrogens is 268 g/mol. The van der Waals surface area contributed by atoms with E-state index in [0.29, 0.717) is 6.61 Å². The molecule has 0 amide bonds. The topological polar surface area (TPSA) is 52.6 Å². The zero-order valence-corrected chi connectivity index (χ0v) is 12.0. The van der Waals surface area contributed by atoms with E-state index >= 15 is 0 Å². The molecule has 2 aromatic rings. The fourth-order valence-corrected chi connectivity index (χ4v) is 2.09. The van der Waals surface area contributed by atoms with E-state index in [0.717, 1.165) is 41.6 Å². The number of anilines is 1. The van der Waals surface area contributed by atoms with Gasteiger partial charge in [-0.15, -0.1) is 0 Å². The van der Waals surface area contributed by atoms with Gasteiger partial charge in [-0.3, -0.25) is 0 Å². The summed E-state index contributed by atoms with van der Waals surface area (Å²) in [6.07, 6.45) is 2.83. The van der Waals surface area contributed by atoms with Crippen molar-refractivity contribution in [2.45, 2.75) is 20.0 Å². The molecule has 0 fully saturated rings. The van der Waals surface area contributed by atoms with Crippen molar-refractivity contribution in [1.29, 1.82) is 0 Å². The van der Waals surface area contributed by atoms with E-state index in [2.05, 4.69) is 17.2 Å². The Morgan fingerprint density at radius 3 is 3.05 bits per heavy atom. The summed E-state index contributed by atoms with van der Waals surface area (Å²) in [5, 5.41) is 3.31. The molecule has 0 saturated heterocycles. The van der Waals surface area contributed by atoms with Gasteiger partial charge in [0.15, 0.2) is 11.5 Å². The molecular formula is C16H18N2O3. The molecule has 110 valence electrons. The fraction of sp³-hybridized carbons (Fsp3) is 0.312. The van der Waals surface area contributed by atoms with Crippen molar-refractivity contribution >= 4 is 5.82 Å². The number of hydrogen-bond donors (Lipinski definition) is 1. The molecule has 2 heterocycles. The second-order valence-electron chi connectivity index (χ2n) is 4.74. The Kier molecular flexibility index (Phi) is 4.09. The molecule has 0 unspecified atom stereocenters. The van der Waals surface area contributed by atoms with Crippen LogP contribution in [0.25, 0.3) is 0 Å². The van der Waals surface area contributed by atoms with Crippen LogP contribution in [0.1, 0.15) is 18.9 Å². The quantitative estimate of drug-likeness (QED) is 0.883. The largest absolute Gasteiger partial charge is 0.489 e. The molecule has 1 N–H and O–H groups in total. The summed E-state index contributed by atoms with van der Waals surface area (Å²) in [5.41, 5.74) is 1.03. The van der Waals surface area contributed by atoms with Gasteiger partial charge in [0.2, 0.25) is 6.79 Å². The van der Waals surface area contributed by atoms with E-state index in [1.165, 1.54) is 0 Å². The first-order valence-corrected chi connectivity index (χ1v) is 7.07. The van der Waals surface area contributed by atoms with E-state index in [1.807, 2.05) is 30.3 Å². The van der Waals surface area contributed by atoms with E-state index in [-0.39, 0.29) is 6.79 Å². The number of aromatic nitrogens is 1. The minimum absolute atomic E-state index is 0.270. The Morgan fingerprint density at radius 2 is 2.14 bits per heavy atom. The van der Waals surface area contributed by atoms with E-state index in [9.17, 15) is 0 Å². The second-order valence-corrected chi connectivity index (χ2v) is 4.74. The highest BCUT2D eigenvalue weighted by atomic mass is 16.7. The van der Waals surface area contributed by atoms with Crippen LogP contribution in [-0.2, 0) is 6.61 Å². The molecule has 0 aliphatic carbocycles. The summed E-state index contributed by atoms with van der Waals surface area (Å²) in [7, 11) is 0. The van der Waals surface area contributed by atoms with Crippen LogP contribution in [0.2, 0.25) is 0 Å². The fourth-order valence-electron chi connectivity index (χ4n) is 2.09. The minimum Gasteiger partial charge on any atom is -0.489 e. The Balaban J connectivity index is 1.67. The number of fused-ring (bicyclic) bond motifs is 1. The monoisotopic (exact) mass is 286 g/mol. The van der Waals surface area contributed by atoms with Gasteiger partial charge in [-0.2, -0.15) is 0 Å². The highest BCUT2D eigenvalue weighted by molar-refractivity contribution is 5.47. The minimum atomic E-state index is 0.270. The normalized spacial score (nSPS) is 12.2. The smallest absolute Gasteiger partial charge is 0.231 e. The number of nitrogens with zero attached hydrogens (tertiary/aromatic N) is 1. The van der Waals surface area contributed by atoms with Crippen LogP contribution >= 0.6 is 0 Å². The number of hydrogen-bond acceptors (Lipinski definition) is 5. The summed E-state index contributed by atoms with van der Waals surface area (Å²) in [4.78, 5) is 4.35. The van der Waals surface area contributed by atoms with Crippen LogP contribution < -0.4 is 19.5 Å². The van der Waals surface area contributed by atoms with Crippen molar-refractivity contribution < 1.29 is 14.2 Å². The van der Waals surface area contributed by atoms with Crippen molar-refractivity contribution in [3.05, 3.63) is 42.1 Å². The van der Waals surface area contributed by atoms with Gasteiger partial charge < -0.3 is 19.5 Å². The van der Waals surface area contributed by atoms with Gasteiger partial charge in [-0.1, -0.05) is 13.0 Å². The van der Waals surface area contributed by atoms with Gasteiger partial charge in [-0.25, -0.2) is 4.98 Å². The molecule has 3 rings (SSSR count). The lowest BCUT2D eigenvalue weighted by Gasteiger charge is -2.11. The predicted molar refractivity (Wildman–Crippen MR) is 79.9 cm³/mol. The summed E-state index contributed by atoms with van der Waals surface area (Å²) >= 11 is 0. The van der Waals surface area contributed by atoms with Crippen LogP contribution in [0.5, 0.6) is 17.2 Å². The summed E-state index contributed by atoms with van der Waals surface area (Å²) in [6, 6.07) is 9.51. The molecule has 0 radical (unpaired) electrons. The standard InChI is InChI=1S/C16H18N2O3/c1-2-7-17-16-12(4-3-8-18-16)10-19-13-5-6-14-15(9-13)21-11-20-14/h3-6,8-9H,2,7,10-11H2,1H3,(H,17,18). The average Bonchev–Trinajstić information content (AvgIpc) is 2.99.